The number of amides is 2. The average molecular weight is 404 g/mol. The highest BCUT2D eigenvalue weighted by molar-refractivity contribution is 5.92. The fraction of sp³-hybridized carbons (Fsp3) is 0.762. The van der Waals surface area contributed by atoms with Crippen molar-refractivity contribution >= 4 is 17.5 Å². The van der Waals surface area contributed by atoms with Crippen LogP contribution >= 0.6 is 0 Å². The Kier molecular flexibility index (Phi) is 5.92. The third-order valence-corrected chi connectivity index (χ3v) is 6.99. The summed E-state index contributed by atoms with van der Waals surface area (Å²) in [6.45, 7) is 6.58. The molecule has 160 valence electrons. The highest BCUT2D eigenvalue weighted by atomic mass is 16.5. The average Bonchev–Trinajstić information content (AvgIpc) is 3.32. The predicted octanol–water partition coefficient (Wildman–Crippen LogP) is 1.55. The molecule has 3 aliphatic rings. The summed E-state index contributed by atoms with van der Waals surface area (Å²) in [5.41, 5.74) is 1.94. The van der Waals surface area contributed by atoms with Gasteiger partial charge in [-0.1, -0.05) is 0 Å². The van der Waals surface area contributed by atoms with Crippen LogP contribution in [-0.2, 0) is 21.4 Å². The monoisotopic (exact) mass is 403 g/mol. The van der Waals surface area contributed by atoms with Gasteiger partial charge in [0.2, 0.25) is 11.8 Å². The molecule has 1 spiro atoms. The van der Waals surface area contributed by atoms with Crippen LogP contribution in [0.3, 0.4) is 0 Å². The van der Waals surface area contributed by atoms with Crippen LogP contribution in [0.2, 0.25) is 0 Å². The predicted molar refractivity (Wildman–Crippen MR) is 109 cm³/mol. The van der Waals surface area contributed by atoms with Gasteiger partial charge >= 0.3 is 0 Å². The number of aryl methyl sites for hydroxylation is 1. The number of likely N-dealkylation sites (tertiary alicyclic amines) is 2. The third-order valence-electron chi connectivity index (χ3n) is 6.99. The first-order valence-corrected chi connectivity index (χ1v) is 10.8. The molecular weight excluding hydrogens is 370 g/mol. The van der Waals surface area contributed by atoms with E-state index in [1.165, 1.54) is 0 Å². The lowest BCUT2D eigenvalue weighted by Crippen LogP contribution is -2.53. The standard InChI is InChI=1S/C21H33N5O3/c1-16-18(12-22-24(16)2)23-19(27)14-25-9-7-21(8-10-25)6-5-20(28)26(15-21)13-17-4-3-11-29-17/h12,17H,3-11,13-15H2,1-2H3,(H,23,27). The molecule has 1 unspecified atom stereocenters. The van der Waals surface area contributed by atoms with Crippen LogP contribution in [0.4, 0.5) is 5.69 Å². The van der Waals surface area contributed by atoms with Crippen LogP contribution in [0.15, 0.2) is 6.20 Å². The second kappa shape index (κ2) is 8.44. The van der Waals surface area contributed by atoms with E-state index in [0.29, 0.717) is 13.0 Å². The van der Waals surface area contributed by atoms with E-state index in [-0.39, 0.29) is 23.3 Å². The lowest BCUT2D eigenvalue weighted by atomic mass is 9.72. The molecule has 0 aliphatic carbocycles. The largest absolute Gasteiger partial charge is 0.376 e. The molecule has 0 saturated carbocycles. The van der Waals surface area contributed by atoms with Crippen LogP contribution in [0.5, 0.6) is 0 Å². The summed E-state index contributed by atoms with van der Waals surface area (Å²) in [7, 11) is 1.87. The van der Waals surface area contributed by atoms with Gasteiger partial charge < -0.3 is 15.0 Å². The highest BCUT2D eigenvalue weighted by Crippen LogP contribution is 2.40. The van der Waals surface area contributed by atoms with Gasteiger partial charge in [-0.2, -0.15) is 5.10 Å². The van der Waals surface area contributed by atoms with Crippen molar-refractivity contribution in [3.63, 3.8) is 0 Å². The zero-order valence-corrected chi connectivity index (χ0v) is 17.7. The van der Waals surface area contributed by atoms with Crippen LogP contribution in [-0.4, -0.2) is 76.8 Å². The fourth-order valence-electron chi connectivity index (χ4n) is 4.91. The Morgan fingerprint density at radius 1 is 1.34 bits per heavy atom. The summed E-state index contributed by atoms with van der Waals surface area (Å²) in [5.74, 6) is 0.288. The molecule has 0 bridgehead atoms. The summed E-state index contributed by atoms with van der Waals surface area (Å²) in [6.07, 6.45) is 7.79. The van der Waals surface area contributed by atoms with Crippen molar-refractivity contribution in [1.29, 1.82) is 0 Å². The van der Waals surface area contributed by atoms with Crippen LogP contribution in [0.1, 0.15) is 44.2 Å². The van der Waals surface area contributed by atoms with Crippen molar-refractivity contribution in [2.24, 2.45) is 12.5 Å². The second-order valence-electron chi connectivity index (χ2n) is 9.00. The van der Waals surface area contributed by atoms with Gasteiger partial charge in [0, 0.05) is 33.2 Å². The fourth-order valence-corrected chi connectivity index (χ4v) is 4.91. The molecule has 4 heterocycles. The van der Waals surface area contributed by atoms with E-state index in [9.17, 15) is 9.59 Å². The normalized spacial score (nSPS) is 25.0. The molecule has 3 fully saturated rings. The first kappa shape index (κ1) is 20.3. The van der Waals surface area contributed by atoms with E-state index in [4.69, 9.17) is 4.74 Å². The summed E-state index contributed by atoms with van der Waals surface area (Å²) in [6, 6.07) is 0. The lowest BCUT2D eigenvalue weighted by molar-refractivity contribution is -0.141. The van der Waals surface area contributed by atoms with Gasteiger partial charge in [0.15, 0.2) is 0 Å². The Balaban J connectivity index is 1.27. The van der Waals surface area contributed by atoms with Gasteiger partial charge in [0.1, 0.15) is 0 Å². The SMILES string of the molecule is Cc1c(NC(=O)CN2CCC3(CCC(=O)N(CC4CCCO4)C3)CC2)cnn1C. The van der Waals surface area contributed by atoms with Gasteiger partial charge in [-0.3, -0.25) is 19.2 Å². The summed E-state index contributed by atoms with van der Waals surface area (Å²) >= 11 is 0. The smallest absolute Gasteiger partial charge is 0.238 e. The number of nitrogens with one attached hydrogen (secondary N) is 1. The zero-order valence-electron chi connectivity index (χ0n) is 17.7. The minimum atomic E-state index is 0.0101. The Morgan fingerprint density at radius 2 is 2.14 bits per heavy atom. The Morgan fingerprint density at radius 3 is 2.79 bits per heavy atom. The number of nitrogens with zero attached hydrogens (tertiary/aromatic N) is 4. The van der Waals surface area contributed by atoms with Crippen molar-refractivity contribution in [3.05, 3.63) is 11.9 Å². The number of piperidine rings is 2. The van der Waals surface area contributed by atoms with Crippen molar-refractivity contribution in [1.82, 2.24) is 19.6 Å². The number of carbonyl (C=O) groups excluding carboxylic acids is 2. The molecule has 0 radical (unpaired) electrons. The van der Waals surface area contributed by atoms with Crippen molar-refractivity contribution in [2.45, 2.75) is 51.6 Å². The number of anilines is 1. The number of carbonyl (C=O) groups is 2. The molecule has 3 aliphatic heterocycles. The second-order valence-corrected chi connectivity index (χ2v) is 9.00. The van der Waals surface area contributed by atoms with E-state index in [2.05, 4.69) is 15.3 Å². The minimum Gasteiger partial charge on any atom is -0.376 e. The van der Waals surface area contributed by atoms with E-state index in [0.717, 1.165) is 76.3 Å². The van der Waals surface area contributed by atoms with Crippen molar-refractivity contribution in [2.75, 3.05) is 44.6 Å². The number of hydrogen-bond donors (Lipinski definition) is 1. The molecule has 3 saturated heterocycles. The maximum atomic E-state index is 12.4. The van der Waals surface area contributed by atoms with Crippen molar-refractivity contribution < 1.29 is 14.3 Å². The molecule has 29 heavy (non-hydrogen) atoms. The van der Waals surface area contributed by atoms with Gasteiger partial charge in [-0.15, -0.1) is 0 Å². The van der Waals surface area contributed by atoms with Crippen LogP contribution < -0.4 is 5.32 Å². The zero-order chi connectivity index (χ0) is 20.4. The summed E-state index contributed by atoms with van der Waals surface area (Å²) < 4.78 is 7.50. The van der Waals surface area contributed by atoms with E-state index < -0.39 is 0 Å². The third kappa shape index (κ3) is 4.64. The molecule has 8 heteroatoms. The maximum absolute atomic E-state index is 12.4. The summed E-state index contributed by atoms with van der Waals surface area (Å²) in [4.78, 5) is 29.1. The number of hydrogen-bond acceptors (Lipinski definition) is 5. The van der Waals surface area contributed by atoms with Gasteiger partial charge in [0.25, 0.3) is 0 Å². The quantitative estimate of drug-likeness (QED) is 0.807. The minimum absolute atomic E-state index is 0.0101. The van der Waals surface area contributed by atoms with Gasteiger partial charge in [0.05, 0.1) is 30.2 Å². The van der Waals surface area contributed by atoms with Gasteiger partial charge in [-0.05, 0) is 57.5 Å². The molecule has 1 atom stereocenters. The Labute approximate surface area is 172 Å². The maximum Gasteiger partial charge on any atom is 0.238 e. The van der Waals surface area contributed by atoms with Crippen molar-refractivity contribution in [3.8, 4) is 0 Å². The number of rotatable bonds is 5. The molecular formula is C21H33N5O3. The van der Waals surface area contributed by atoms with Crippen LogP contribution in [0.25, 0.3) is 0 Å². The van der Waals surface area contributed by atoms with E-state index in [1.54, 1.807) is 10.9 Å². The van der Waals surface area contributed by atoms with Crippen LogP contribution in [0, 0.1) is 12.3 Å². The van der Waals surface area contributed by atoms with E-state index >= 15 is 0 Å². The molecule has 2 amide bonds. The number of ether oxygens (including phenoxy) is 1. The Bertz CT molecular complexity index is 747. The molecule has 1 N–H and O–H groups in total. The lowest BCUT2D eigenvalue weighted by Gasteiger charge is -2.47. The topological polar surface area (TPSA) is 79.7 Å². The molecule has 1 aromatic rings. The first-order chi connectivity index (χ1) is 13.9. The number of aromatic nitrogens is 2. The molecule has 8 nitrogen and oxygen atoms in total. The highest BCUT2D eigenvalue weighted by Gasteiger charge is 2.41. The molecule has 0 aromatic carbocycles. The Hall–Kier alpha value is -1.93. The molecule has 1 aromatic heterocycles. The van der Waals surface area contributed by atoms with Gasteiger partial charge in [-0.25, -0.2) is 0 Å². The van der Waals surface area contributed by atoms with E-state index in [1.807, 2.05) is 18.9 Å². The summed E-state index contributed by atoms with van der Waals surface area (Å²) in [5, 5.41) is 7.14. The molecule has 4 rings (SSSR count). The first-order valence-electron chi connectivity index (χ1n) is 10.8.